The third kappa shape index (κ3) is 1.95. The minimum Gasteiger partial charge on any atom is -0.486 e. The highest BCUT2D eigenvalue weighted by atomic mass is 16.6. The molecule has 0 aromatic heterocycles. The molecule has 1 aromatic rings. The third-order valence-electron chi connectivity index (χ3n) is 5.38. The molecule has 1 amide bonds. The van der Waals surface area contributed by atoms with Gasteiger partial charge in [0.15, 0.2) is 11.5 Å². The van der Waals surface area contributed by atoms with Crippen LogP contribution < -0.4 is 14.8 Å². The summed E-state index contributed by atoms with van der Waals surface area (Å²) in [5.74, 6) is 1.89. The molecule has 0 spiro atoms. The van der Waals surface area contributed by atoms with Crippen LogP contribution in [0.5, 0.6) is 11.5 Å². The molecule has 0 aliphatic carbocycles. The largest absolute Gasteiger partial charge is 0.486 e. The Balaban J connectivity index is 1.58. The molecule has 0 fully saturated rings. The van der Waals surface area contributed by atoms with Gasteiger partial charge in [-0.25, -0.2) is 0 Å². The molecule has 5 rings (SSSR count). The van der Waals surface area contributed by atoms with Gasteiger partial charge in [-0.05, 0) is 42.5 Å². The van der Waals surface area contributed by atoms with Gasteiger partial charge < -0.3 is 19.7 Å². The summed E-state index contributed by atoms with van der Waals surface area (Å²) in [7, 11) is 0. The van der Waals surface area contributed by atoms with Gasteiger partial charge in [0.2, 0.25) is 0 Å². The second-order valence-corrected chi connectivity index (χ2v) is 6.65. The van der Waals surface area contributed by atoms with E-state index in [9.17, 15) is 4.79 Å². The zero-order valence-corrected chi connectivity index (χ0v) is 13.1. The van der Waals surface area contributed by atoms with Crippen molar-refractivity contribution in [1.82, 2.24) is 10.2 Å². The molecule has 1 aromatic carbocycles. The first-order chi connectivity index (χ1) is 11.3. The van der Waals surface area contributed by atoms with Crippen LogP contribution in [0, 0.1) is 0 Å². The summed E-state index contributed by atoms with van der Waals surface area (Å²) in [5, 5.41) is 3.45. The zero-order chi connectivity index (χ0) is 15.4. The fourth-order valence-corrected chi connectivity index (χ4v) is 4.26. The Morgan fingerprint density at radius 2 is 1.96 bits per heavy atom. The van der Waals surface area contributed by atoms with Crippen molar-refractivity contribution in [3.8, 4) is 11.5 Å². The molecule has 0 saturated heterocycles. The molecule has 1 unspecified atom stereocenters. The van der Waals surface area contributed by atoms with E-state index in [0.29, 0.717) is 13.2 Å². The predicted molar refractivity (Wildman–Crippen MR) is 84.5 cm³/mol. The molecule has 0 radical (unpaired) electrons. The molecular weight excluding hydrogens is 292 g/mol. The van der Waals surface area contributed by atoms with Crippen LogP contribution in [0.4, 0.5) is 0 Å². The SMILES string of the molecule is O=C1C2=C(CC3c4cc5c(cc4CCN13)OCCO5)NCCC2. The van der Waals surface area contributed by atoms with E-state index in [2.05, 4.69) is 22.3 Å². The van der Waals surface area contributed by atoms with Crippen LogP contribution in [0.3, 0.4) is 0 Å². The third-order valence-corrected chi connectivity index (χ3v) is 5.38. The maximum Gasteiger partial charge on any atom is 0.252 e. The van der Waals surface area contributed by atoms with Crippen LogP contribution in [-0.2, 0) is 11.2 Å². The molecule has 1 N–H and O–H groups in total. The van der Waals surface area contributed by atoms with Crippen molar-refractivity contribution >= 4 is 5.91 Å². The number of rotatable bonds is 0. The van der Waals surface area contributed by atoms with Crippen LogP contribution >= 0.6 is 0 Å². The quantitative estimate of drug-likeness (QED) is 0.795. The van der Waals surface area contributed by atoms with E-state index in [1.54, 1.807) is 0 Å². The first-order valence-corrected chi connectivity index (χ1v) is 8.50. The minimum atomic E-state index is 0.131. The Hall–Kier alpha value is -2.17. The van der Waals surface area contributed by atoms with Crippen molar-refractivity contribution in [3.63, 3.8) is 0 Å². The van der Waals surface area contributed by atoms with Crippen molar-refractivity contribution in [2.75, 3.05) is 26.3 Å². The molecule has 0 bridgehead atoms. The molecular formula is C18H20N2O3. The topological polar surface area (TPSA) is 50.8 Å². The van der Waals surface area contributed by atoms with Crippen LogP contribution in [0.2, 0.25) is 0 Å². The van der Waals surface area contributed by atoms with E-state index >= 15 is 0 Å². The van der Waals surface area contributed by atoms with Crippen molar-refractivity contribution in [3.05, 3.63) is 34.5 Å². The Morgan fingerprint density at radius 1 is 1.13 bits per heavy atom. The number of benzene rings is 1. The maximum atomic E-state index is 12.9. The number of carbonyl (C=O) groups excluding carboxylic acids is 1. The lowest BCUT2D eigenvalue weighted by Crippen LogP contribution is -2.46. The number of hydrogen-bond acceptors (Lipinski definition) is 4. The Labute approximate surface area is 135 Å². The molecule has 120 valence electrons. The van der Waals surface area contributed by atoms with Gasteiger partial charge >= 0.3 is 0 Å². The first-order valence-electron chi connectivity index (χ1n) is 8.50. The van der Waals surface area contributed by atoms with Gasteiger partial charge in [-0.2, -0.15) is 0 Å². The Morgan fingerprint density at radius 3 is 2.83 bits per heavy atom. The number of carbonyl (C=O) groups is 1. The Kier molecular flexibility index (Phi) is 2.84. The molecule has 5 nitrogen and oxygen atoms in total. The maximum absolute atomic E-state index is 12.9. The van der Waals surface area contributed by atoms with E-state index in [0.717, 1.165) is 61.5 Å². The van der Waals surface area contributed by atoms with E-state index in [4.69, 9.17) is 9.47 Å². The van der Waals surface area contributed by atoms with Crippen molar-refractivity contribution in [2.24, 2.45) is 0 Å². The molecule has 23 heavy (non-hydrogen) atoms. The number of ether oxygens (including phenoxy) is 2. The number of nitrogens with zero attached hydrogens (tertiary/aromatic N) is 1. The van der Waals surface area contributed by atoms with Crippen LogP contribution in [-0.4, -0.2) is 37.1 Å². The second-order valence-electron chi connectivity index (χ2n) is 6.65. The van der Waals surface area contributed by atoms with E-state index in [1.165, 1.54) is 11.1 Å². The lowest BCUT2D eigenvalue weighted by atomic mass is 9.83. The summed E-state index contributed by atoms with van der Waals surface area (Å²) in [4.78, 5) is 14.9. The number of fused-ring (bicyclic) bond motifs is 4. The van der Waals surface area contributed by atoms with Gasteiger partial charge in [-0.1, -0.05) is 0 Å². The Bertz CT molecular complexity index is 725. The van der Waals surface area contributed by atoms with Gasteiger partial charge in [-0.15, -0.1) is 0 Å². The minimum absolute atomic E-state index is 0.131. The highest BCUT2D eigenvalue weighted by Gasteiger charge is 2.39. The summed E-state index contributed by atoms with van der Waals surface area (Å²) < 4.78 is 11.5. The first kappa shape index (κ1) is 13.3. The molecule has 4 aliphatic heterocycles. The summed E-state index contributed by atoms with van der Waals surface area (Å²) in [6, 6.07) is 4.35. The fourth-order valence-electron chi connectivity index (χ4n) is 4.26. The summed E-state index contributed by atoms with van der Waals surface area (Å²) in [6.07, 6.45) is 3.76. The molecule has 4 aliphatic rings. The normalized spacial score (nSPS) is 25.3. The van der Waals surface area contributed by atoms with Crippen molar-refractivity contribution in [2.45, 2.75) is 31.7 Å². The lowest BCUT2D eigenvalue weighted by molar-refractivity contribution is -0.131. The van der Waals surface area contributed by atoms with Gasteiger partial charge in [0, 0.05) is 30.8 Å². The van der Waals surface area contributed by atoms with Crippen LogP contribution in [0.1, 0.15) is 36.4 Å². The molecule has 5 heteroatoms. The standard InChI is InChI=1S/C18H20N2O3/c21-18-12-2-1-4-19-14(12)10-15-13-9-17-16(22-6-7-23-17)8-11(13)3-5-20(15)18/h8-9,15,19H,1-7,10H2. The average molecular weight is 312 g/mol. The van der Waals surface area contributed by atoms with E-state index < -0.39 is 0 Å². The van der Waals surface area contributed by atoms with E-state index in [1.807, 2.05) is 0 Å². The van der Waals surface area contributed by atoms with Gasteiger partial charge in [0.25, 0.3) is 5.91 Å². The number of hydrogen-bond donors (Lipinski definition) is 1. The summed E-state index contributed by atoms with van der Waals surface area (Å²) >= 11 is 0. The highest BCUT2D eigenvalue weighted by molar-refractivity contribution is 5.96. The van der Waals surface area contributed by atoms with Gasteiger partial charge in [0.05, 0.1) is 6.04 Å². The van der Waals surface area contributed by atoms with Gasteiger partial charge in [-0.3, -0.25) is 4.79 Å². The summed E-state index contributed by atoms with van der Waals surface area (Å²) in [6.45, 7) is 2.98. The monoisotopic (exact) mass is 312 g/mol. The fraction of sp³-hybridized carbons (Fsp3) is 0.500. The van der Waals surface area contributed by atoms with Crippen molar-refractivity contribution in [1.29, 1.82) is 0 Å². The van der Waals surface area contributed by atoms with Crippen LogP contribution in [0.15, 0.2) is 23.4 Å². The number of nitrogens with one attached hydrogen (secondary N) is 1. The van der Waals surface area contributed by atoms with E-state index in [-0.39, 0.29) is 11.9 Å². The van der Waals surface area contributed by atoms with Gasteiger partial charge in [0.1, 0.15) is 13.2 Å². The highest BCUT2D eigenvalue weighted by Crippen LogP contribution is 2.44. The average Bonchev–Trinajstić information content (AvgIpc) is 2.60. The smallest absolute Gasteiger partial charge is 0.252 e. The summed E-state index contributed by atoms with van der Waals surface area (Å²) in [5.41, 5.74) is 4.69. The van der Waals surface area contributed by atoms with Crippen molar-refractivity contribution < 1.29 is 14.3 Å². The molecule has 4 heterocycles. The molecule has 0 saturated carbocycles. The molecule has 1 atom stereocenters. The van der Waals surface area contributed by atoms with Crippen LogP contribution in [0.25, 0.3) is 0 Å². The second kappa shape index (κ2) is 4.91. The zero-order valence-electron chi connectivity index (χ0n) is 13.1. The number of amides is 1. The lowest BCUT2D eigenvalue weighted by Gasteiger charge is -2.43. The predicted octanol–water partition coefficient (Wildman–Crippen LogP) is 1.92.